The van der Waals surface area contributed by atoms with Crippen LogP contribution < -0.4 is 11.2 Å². The number of rotatable bonds is 9. The Balaban J connectivity index is -0.000000969. The third-order valence-corrected chi connectivity index (χ3v) is 10.4. The summed E-state index contributed by atoms with van der Waals surface area (Å²) in [6.45, 7) is 1.26. The van der Waals surface area contributed by atoms with Crippen molar-refractivity contribution in [2.24, 2.45) is 31.1 Å². The average Bonchev–Trinajstić information content (AvgIpc) is 2.64. The first-order chi connectivity index (χ1) is 40.1. The first-order valence-corrected chi connectivity index (χ1v) is 25.5. The maximum absolute atomic E-state index is 11.4. The summed E-state index contributed by atoms with van der Waals surface area (Å²) < 4.78 is 66.6. The molecule has 2 aliphatic heterocycles. The van der Waals surface area contributed by atoms with E-state index in [-0.39, 0.29) is 72.5 Å². The number of carbonyl (C=O) groups excluding carboxylic acids is 3. The molecule has 472 valence electrons. The predicted octanol–water partition coefficient (Wildman–Crippen LogP) is 4.00. The maximum Gasteiger partial charge on any atom is 0.490 e. The number of hydrogen-bond acceptors (Lipinski definition) is 27. The zero-order chi connectivity index (χ0) is 66.0. The second-order valence-corrected chi connectivity index (χ2v) is 17.9. The third-order valence-electron chi connectivity index (χ3n) is 8.70. The Morgan fingerprint density at radius 2 is 1.10 bits per heavy atom. The van der Waals surface area contributed by atoms with Gasteiger partial charge in [-0.2, -0.15) is 23.7 Å². The second-order valence-electron chi connectivity index (χ2n) is 14.6. The zero-order valence-corrected chi connectivity index (χ0v) is 54.2. The molecule has 0 spiro atoms. The molecule has 8 rings (SSSR count). The van der Waals surface area contributed by atoms with Gasteiger partial charge in [0.15, 0.2) is 10.3 Å². The molecular weight excluding hydrogens is 1560 g/mol. The molecule has 6 aromatic rings. The summed E-state index contributed by atoms with van der Waals surface area (Å²) in [6.07, 6.45) is 18.1. The molecule has 37 nitrogen and oxygen atoms in total. The summed E-state index contributed by atoms with van der Waals surface area (Å²) in [4.78, 5) is 90.9. The molecule has 0 saturated heterocycles. The average molecular weight is 1610 g/mol. The Morgan fingerprint density at radius 3 is 1.40 bits per heavy atom. The molecule has 0 radical (unpaired) electrons. The van der Waals surface area contributed by atoms with Crippen molar-refractivity contribution in [3.05, 3.63) is 167 Å². The van der Waals surface area contributed by atoms with Crippen molar-refractivity contribution < 1.29 is 108 Å². The number of methoxy groups -OCH3 is 3. The normalized spacial score (nSPS) is 11.0. The molecule has 0 atom stereocenters. The molecule has 0 aromatic carbocycles. The van der Waals surface area contributed by atoms with E-state index in [1.165, 1.54) is 92.3 Å². The van der Waals surface area contributed by atoms with Crippen LogP contribution in [0.1, 0.15) is 32.4 Å². The molecule has 87 heavy (non-hydrogen) atoms. The maximum atomic E-state index is 11.4. The number of anilines is 1. The van der Waals surface area contributed by atoms with E-state index in [0.29, 0.717) is 39.2 Å². The zero-order valence-electron chi connectivity index (χ0n) is 46.7. The number of alkyl halides is 1. The fraction of sp³-hybridized carbons (Fsp3) is 0.209. The molecule has 8 heterocycles. The Hall–Kier alpha value is -8.58. The number of pyridine rings is 3. The SMILES string of the molecule is BrC1=NCC=C1.COC(=O)c1cncc(-c2nn(C)cc2N)c1.COC(=O)c1cncc(-c2nn(C)cc2[N+](=O)[O-])c1.COC(=O)c1cncc(B(O)O)c1.Cn1cc([N+](=O)[O-])c(Br)n1.O=S(=O)(O)O.O=[N+]([O-])C1=CCN=C1Br.O=[N+]([O-])O.[2H]CF.[CH3-].[W]. The Kier molecular flexibility index (Phi) is 39.1. The fourth-order valence-electron chi connectivity index (χ4n) is 5.41. The number of aromatic nitrogens is 9. The van der Waals surface area contributed by atoms with Gasteiger partial charge in [0.1, 0.15) is 22.7 Å². The molecular formula is C43H50BBr3FN16O21SW-. The minimum absolute atomic E-state index is 0. The molecule has 0 unspecified atom stereocenters. The van der Waals surface area contributed by atoms with Crippen LogP contribution in [0, 0.1) is 47.9 Å². The molecule has 6 aromatic heterocycles. The number of nitro groups is 3. The summed E-state index contributed by atoms with van der Waals surface area (Å²) in [5, 5.41) is 74.2. The number of ether oxygens (including phenoxy) is 3. The van der Waals surface area contributed by atoms with Crippen LogP contribution in [-0.4, -0.2) is 173 Å². The molecule has 0 saturated carbocycles. The van der Waals surface area contributed by atoms with Gasteiger partial charge in [0, 0.05) is 108 Å². The van der Waals surface area contributed by atoms with E-state index < -0.39 is 62.4 Å². The van der Waals surface area contributed by atoms with Crippen LogP contribution in [0.3, 0.4) is 0 Å². The molecule has 7 N–H and O–H groups in total. The van der Waals surface area contributed by atoms with Crippen molar-refractivity contribution in [1.29, 1.82) is 0 Å². The number of nitrogens with zero attached hydrogens (tertiary/aromatic N) is 15. The van der Waals surface area contributed by atoms with Gasteiger partial charge in [0.05, 0.1) is 80.1 Å². The molecule has 0 fully saturated rings. The van der Waals surface area contributed by atoms with Crippen LogP contribution in [0.15, 0.2) is 112 Å². The number of hydrogen-bond donors (Lipinski definition) is 6. The molecule has 0 bridgehead atoms. The van der Waals surface area contributed by atoms with Crippen molar-refractivity contribution in [2.45, 2.75) is 0 Å². The monoisotopic (exact) mass is 1610 g/mol. The van der Waals surface area contributed by atoms with Crippen LogP contribution in [-0.2, 0) is 66.8 Å². The molecule has 0 amide bonds. The van der Waals surface area contributed by atoms with Crippen molar-refractivity contribution in [3.63, 3.8) is 0 Å². The molecule has 0 aliphatic carbocycles. The minimum Gasteiger partial charge on any atom is -0.465 e. The summed E-state index contributed by atoms with van der Waals surface area (Å²) >= 11 is 9.09. The van der Waals surface area contributed by atoms with Crippen molar-refractivity contribution in [2.75, 3.05) is 47.3 Å². The van der Waals surface area contributed by atoms with Crippen LogP contribution in [0.5, 0.6) is 0 Å². The van der Waals surface area contributed by atoms with Gasteiger partial charge in [-0.1, -0.05) is 6.08 Å². The van der Waals surface area contributed by atoms with Gasteiger partial charge >= 0.3 is 46.8 Å². The van der Waals surface area contributed by atoms with Crippen LogP contribution in [0.25, 0.3) is 22.5 Å². The Morgan fingerprint density at radius 1 is 0.701 bits per heavy atom. The van der Waals surface area contributed by atoms with Crippen molar-refractivity contribution in [1.82, 2.24) is 44.3 Å². The van der Waals surface area contributed by atoms with E-state index in [4.69, 9.17) is 50.0 Å². The number of aryl methyl sites for hydroxylation is 3. The Labute approximate surface area is 532 Å². The van der Waals surface area contributed by atoms with Gasteiger partial charge in [-0.05, 0) is 72.1 Å². The summed E-state index contributed by atoms with van der Waals surface area (Å²) in [5.41, 5.74) is 9.00. The van der Waals surface area contributed by atoms with Crippen molar-refractivity contribution in [3.8, 4) is 22.5 Å². The van der Waals surface area contributed by atoms with E-state index in [1.54, 1.807) is 44.3 Å². The summed E-state index contributed by atoms with van der Waals surface area (Å²) in [6, 6.07) is 4.41. The Bertz CT molecular complexity index is 3530. The predicted molar refractivity (Wildman–Crippen MR) is 313 cm³/mol. The third kappa shape index (κ3) is 32.5. The van der Waals surface area contributed by atoms with E-state index in [1.807, 2.05) is 12.2 Å². The van der Waals surface area contributed by atoms with Gasteiger partial charge < -0.3 is 42.6 Å². The van der Waals surface area contributed by atoms with Gasteiger partial charge in [0.2, 0.25) is 4.60 Å². The summed E-state index contributed by atoms with van der Waals surface area (Å²) in [5.74, 6) is -1.56. The van der Waals surface area contributed by atoms with E-state index in [2.05, 4.69) is 102 Å². The number of esters is 3. The first kappa shape index (κ1) is 80.5. The number of allylic oxidation sites excluding steroid dienone is 2. The largest absolute Gasteiger partial charge is 0.490 e. The number of halogens is 4. The second kappa shape index (κ2) is 42.3. The number of carbonyl (C=O) groups is 3. The molecule has 2 aliphatic rings. The molecule has 44 heteroatoms. The van der Waals surface area contributed by atoms with E-state index in [0.717, 1.165) is 11.2 Å². The summed E-state index contributed by atoms with van der Waals surface area (Å²) in [7, 11) is 1.49. The topological polar surface area (TPSA) is 530 Å². The van der Waals surface area contributed by atoms with Crippen LogP contribution in [0.4, 0.5) is 21.5 Å². The van der Waals surface area contributed by atoms with Gasteiger partial charge in [-0.15, -0.1) is 10.1 Å². The fourth-order valence-corrected chi connectivity index (χ4v) is 6.69. The first-order valence-electron chi connectivity index (χ1n) is 22.4. The quantitative estimate of drug-likeness (QED) is 0.0226. The van der Waals surface area contributed by atoms with Gasteiger partial charge in [-0.25, -0.2) is 14.4 Å². The number of nitrogens with two attached hydrogens (primary N) is 1. The van der Waals surface area contributed by atoms with Crippen LogP contribution in [0.2, 0.25) is 0 Å². The number of nitrogen functional groups attached to an aromatic ring is 1. The van der Waals surface area contributed by atoms with Crippen molar-refractivity contribution >= 4 is 115 Å². The van der Waals surface area contributed by atoms with E-state index in [9.17, 15) is 49.1 Å². The minimum atomic E-state index is -4.67. The van der Waals surface area contributed by atoms with Gasteiger partial charge in [0.25, 0.3) is 10.8 Å². The van der Waals surface area contributed by atoms with E-state index >= 15 is 0 Å². The number of aliphatic imine (C=N–C) groups is 2. The van der Waals surface area contributed by atoms with Crippen LogP contribution >= 0.6 is 47.8 Å². The smallest absolute Gasteiger partial charge is 0.465 e. The van der Waals surface area contributed by atoms with Gasteiger partial charge in [-0.3, -0.25) is 82.8 Å². The standard InChI is InChI=1S/C11H10N4O4.C11H12N4O2.C7H8BNO4.C4H4BrN3O2.C4H3BrN2O2.C4H4BrN.CH3F.CH3.HNO3.H2O4S.W/c1-14-6-9(15(17)18)10(13-14)7-3-8(5-12-4-7)11(16)19-2;1-15-6-9(12)10(14-15)7-3-8(5-13-4-7)11(16)17-2;1-13-7(10)5-2-6(8(11)12)4-9-3-5;1-7-2-3(8(9)10)4(5)6-7;5-4-3(7(8)9)1-2-6-4;5-4-2-1-3-6-4;1-2;;2-1(3)4;1-5(2,3)4;/h3-6H,1-2H3;3-6H,12H2,1-2H3;2-4,11-12H,1H3;2H,1H3;1H,2H2;1-2H,3H2;1H3;1H3;(H,2,3,4);(H2,1,2,3,4);/q;;;;;;;-1;;;/i;;;;;;1D;;;;.